The molecule has 3 rings (SSSR count). The molecule has 0 radical (unpaired) electrons. The van der Waals surface area contributed by atoms with Gasteiger partial charge < -0.3 is 11.1 Å². The highest BCUT2D eigenvalue weighted by molar-refractivity contribution is 14.1. The first-order chi connectivity index (χ1) is 16.9. The van der Waals surface area contributed by atoms with Gasteiger partial charge in [0.2, 0.25) is 0 Å². The molecule has 0 spiro atoms. The molecule has 14 heteroatoms. The van der Waals surface area contributed by atoms with Crippen molar-refractivity contribution < 1.29 is 30.8 Å². The fourth-order valence-corrected chi connectivity index (χ4v) is 4.54. The fourth-order valence-electron chi connectivity index (χ4n) is 3.15. The molecule has 0 atom stereocenters. The van der Waals surface area contributed by atoms with Gasteiger partial charge in [0.15, 0.2) is 23.3 Å². The molecule has 0 fully saturated rings. The first kappa shape index (κ1) is 27.6. The maximum Gasteiger partial charge on any atom is 0.300 e. The standard InChI is InChI=1S/C22H20F4IN5O3S/c1-2-6-30-36(34,35)32-22-18(25)11(5-7-29-22)8-12-9-14(21(28)33)20(19(26)17(12)24)31-16-4-3-13(27)10-15(16)23/h3-5,7,9-10,30-31H,2,6,8H2,1H3,(H2,28,33)(H,29,32). The van der Waals surface area contributed by atoms with Crippen LogP contribution in [0.4, 0.5) is 34.8 Å². The summed E-state index contributed by atoms with van der Waals surface area (Å²) in [7, 11) is -4.12. The number of hydrogen-bond donors (Lipinski definition) is 4. The molecular formula is C22H20F4IN5O3S. The molecule has 1 amide bonds. The molecule has 0 aliphatic carbocycles. The van der Waals surface area contributed by atoms with Crippen molar-refractivity contribution in [3.63, 3.8) is 0 Å². The second kappa shape index (κ2) is 11.4. The zero-order chi connectivity index (χ0) is 26.6. The Labute approximate surface area is 218 Å². The van der Waals surface area contributed by atoms with E-state index in [9.17, 15) is 26.4 Å². The monoisotopic (exact) mass is 637 g/mol. The molecule has 0 saturated carbocycles. The lowest BCUT2D eigenvalue weighted by atomic mass is 10.00. The van der Waals surface area contributed by atoms with Gasteiger partial charge in [-0.2, -0.15) is 13.1 Å². The van der Waals surface area contributed by atoms with Gasteiger partial charge in [-0.15, -0.1) is 0 Å². The first-order valence-corrected chi connectivity index (χ1v) is 12.9. The normalized spacial score (nSPS) is 11.4. The molecule has 2 aromatic carbocycles. The number of carbonyl (C=O) groups is 1. The van der Waals surface area contributed by atoms with Crippen LogP contribution in [0.15, 0.2) is 36.5 Å². The summed E-state index contributed by atoms with van der Waals surface area (Å²) in [5.74, 6) is -6.66. The lowest BCUT2D eigenvalue weighted by Gasteiger charge is -2.16. The number of amides is 1. The summed E-state index contributed by atoms with van der Waals surface area (Å²) < 4.78 is 87.9. The Morgan fingerprint density at radius 1 is 1.06 bits per heavy atom. The van der Waals surface area contributed by atoms with E-state index in [2.05, 4.69) is 15.0 Å². The SMILES string of the molecule is CCCNS(=O)(=O)Nc1nccc(Cc2cc(C(N)=O)c(Nc3ccc(I)cc3F)c(F)c2F)c1F. The number of benzene rings is 2. The van der Waals surface area contributed by atoms with Crippen molar-refractivity contribution in [1.82, 2.24) is 9.71 Å². The van der Waals surface area contributed by atoms with Gasteiger partial charge in [0, 0.05) is 22.7 Å². The summed E-state index contributed by atoms with van der Waals surface area (Å²) in [5, 5.41) is 2.35. The van der Waals surface area contributed by atoms with E-state index in [1.165, 1.54) is 12.1 Å². The Morgan fingerprint density at radius 3 is 2.42 bits per heavy atom. The number of pyridine rings is 1. The summed E-state index contributed by atoms with van der Waals surface area (Å²) >= 11 is 1.86. The van der Waals surface area contributed by atoms with Gasteiger partial charge >= 0.3 is 0 Å². The largest absolute Gasteiger partial charge is 0.366 e. The van der Waals surface area contributed by atoms with Crippen molar-refractivity contribution in [2.45, 2.75) is 19.8 Å². The minimum absolute atomic E-state index is 0.101. The lowest BCUT2D eigenvalue weighted by molar-refractivity contribution is 0.100. The Kier molecular flexibility index (Phi) is 8.73. The van der Waals surface area contributed by atoms with Crippen molar-refractivity contribution in [1.29, 1.82) is 0 Å². The molecule has 1 aromatic heterocycles. The van der Waals surface area contributed by atoms with Gasteiger partial charge in [-0.3, -0.25) is 9.52 Å². The Balaban J connectivity index is 1.99. The van der Waals surface area contributed by atoms with E-state index in [0.717, 1.165) is 24.4 Å². The zero-order valence-electron chi connectivity index (χ0n) is 18.6. The van der Waals surface area contributed by atoms with Crippen LogP contribution in [0, 0.1) is 26.8 Å². The van der Waals surface area contributed by atoms with Crippen LogP contribution >= 0.6 is 22.6 Å². The molecule has 36 heavy (non-hydrogen) atoms. The summed E-state index contributed by atoms with van der Waals surface area (Å²) in [6.45, 7) is 1.83. The Hall–Kier alpha value is -2.98. The number of nitrogens with one attached hydrogen (secondary N) is 3. The highest BCUT2D eigenvalue weighted by Crippen LogP contribution is 2.32. The van der Waals surface area contributed by atoms with Crippen molar-refractivity contribution in [3.8, 4) is 0 Å². The second-order valence-corrected chi connectivity index (χ2v) is 10.3. The molecule has 0 aliphatic heterocycles. The molecule has 0 unspecified atom stereocenters. The number of halogens is 5. The number of anilines is 3. The number of carbonyl (C=O) groups excluding carboxylic acids is 1. The van der Waals surface area contributed by atoms with Crippen LogP contribution in [0.3, 0.4) is 0 Å². The van der Waals surface area contributed by atoms with Crippen LogP contribution < -0.4 is 20.5 Å². The zero-order valence-corrected chi connectivity index (χ0v) is 21.6. The third kappa shape index (κ3) is 6.41. The molecule has 0 bridgehead atoms. The fraction of sp³-hybridized carbons (Fsp3) is 0.182. The number of primary amides is 1. The van der Waals surface area contributed by atoms with Crippen molar-refractivity contribution >= 4 is 55.9 Å². The van der Waals surface area contributed by atoms with Crippen molar-refractivity contribution in [2.24, 2.45) is 5.73 Å². The quantitative estimate of drug-likeness (QED) is 0.195. The summed E-state index contributed by atoms with van der Waals surface area (Å²) in [6.07, 6.45) is 0.993. The van der Waals surface area contributed by atoms with E-state index in [1.54, 1.807) is 6.92 Å². The van der Waals surface area contributed by atoms with Crippen LogP contribution in [0.25, 0.3) is 0 Å². The molecule has 5 N–H and O–H groups in total. The number of rotatable bonds is 10. The number of nitrogens with zero attached hydrogens (tertiary/aromatic N) is 1. The Morgan fingerprint density at radius 2 is 1.78 bits per heavy atom. The van der Waals surface area contributed by atoms with Crippen LogP contribution in [-0.4, -0.2) is 25.9 Å². The average molecular weight is 637 g/mol. The minimum Gasteiger partial charge on any atom is -0.366 e. The van der Waals surface area contributed by atoms with Crippen LogP contribution in [-0.2, 0) is 16.6 Å². The summed E-state index contributed by atoms with van der Waals surface area (Å²) in [4.78, 5) is 15.7. The average Bonchev–Trinajstić information content (AvgIpc) is 2.81. The molecule has 0 aliphatic rings. The van der Waals surface area contributed by atoms with Crippen LogP contribution in [0.2, 0.25) is 0 Å². The lowest BCUT2D eigenvalue weighted by Crippen LogP contribution is -2.31. The second-order valence-electron chi connectivity index (χ2n) is 7.51. The van der Waals surface area contributed by atoms with Crippen LogP contribution in [0.5, 0.6) is 0 Å². The summed E-state index contributed by atoms with van der Waals surface area (Å²) in [6, 6.07) is 5.98. The Bertz CT molecular complexity index is 1420. The number of aromatic nitrogens is 1. The first-order valence-electron chi connectivity index (χ1n) is 10.4. The van der Waals surface area contributed by atoms with Gasteiger partial charge in [0.1, 0.15) is 5.82 Å². The van der Waals surface area contributed by atoms with E-state index in [1.807, 2.05) is 27.3 Å². The highest BCUT2D eigenvalue weighted by atomic mass is 127. The number of nitrogens with two attached hydrogens (primary N) is 1. The maximum absolute atomic E-state index is 15.0. The third-order valence-electron chi connectivity index (χ3n) is 4.86. The van der Waals surface area contributed by atoms with E-state index in [0.29, 0.717) is 9.99 Å². The third-order valence-corrected chi connectivity index (χ3v) is 6.58. The van der Waals surface area contributed by atoms with E-state index in [4.69, 9.17) is 5.73 Å². The van der Waals surface area contributed by atoms with E-state index < -0.39 is 68.4 Å². The molecule has 8 nitrogen and oxygen atoms in total. The van der Waals surface area contributed by atoms with E-state index >= 15 is 4.39 Å². The molecule has 1 heterocycles. The molecular weight excluding hydrogens is 617 g/mol. The van der Waals surface area contributed by atoms with Crippen molar-refractivity contribution in [3.05, 3.63) is 80.1 Å². The highest BCUT2D eigenvalue weighted by Gasteiger charge is 2.24. The predicted octanol–water partition coefficient (Wildman–Crippen LogP) is 4.33. The van der Waals surface area contributed by atoms with Gasteiger partial charge in [0.25, 0.3) is 16.1 Å². The number of hydrogen-bond acceptors (Lipinski definition) is 5. The van der Waals surface area contributed by atoms with Gasteiger partial charge in [-0.1, -0.05) is 6.92 Å². The van der Waals surface area contributed by atoms with E-state index in [-0.39, 0.29) is 17.8 Å². The van der Waals surface area contributed by atoms with Crippen LogP contribution in [0.1, 0.15) is 34.8 Å². The maximum atomic E-state index is 15.0. The smallest absolute Gasteiger partial charge is 0.300 e. The molecule has 192 valence electrons. The predicted molar refractivity (Wildman–Crippen MR) is 135 cm³/mol. The molecule has 0 saturated heterocycles. The molecule has 3 aromatic rings. The van der Waals surface area contributed by atoms with Gasteiger partial charge in [-0.25, -0.2) is 22.5 Å². The minimum atomic E-state index is -4.12. The summed E-state index contributed by atoms with van der Waals surface area (Å²) in [5.41, 5.74) is 3.25. The topological polar surface area (TPSA) is 126 Å². The van der Waals surface area contributed by atoms with Gasteiger partial charge in [-0.05, 0) is 70.5 Å². The van der Waals surface area contributed by atoms with Crippen molar-refractivity contribution in [2.75, 3.05) is 16.6 Å². The van der Waals surface area contributed by atoms with Gasteiger partial charge in [0.05, 0.1) is 16.9 Å².